The number of pyridine rings is 1. The number of anilines is 2. The number of carbonyl (C=O) groups excluding carboxylic acids is 2. The number of rotatable bonds is 2. The highest BCUT2D eigenvalue weighted by molar-refractivity contribution is 8.00. The molecule has 0 aliphatic carbocycles. The number of nitrogens with one attached hydrogen (secondary N) is 1. The van der Waals surface area contributed by atoms with Gasteiger partial charge in [0.25, 0.3) is 5.91 Å². The predicted octanol–water partition coefficient (Wildman–Crippen LogP) is 2.48. The normalized spacial score (nSPS) is 19.7. The largest absolute Gasteiger partial charge is 0.353 e. The Bertz CT molecular complexity index is 835. The van der Waals surface area contributed by atoms with Gasteiger partial charge in [0.15, 0.2) is 0 Å². The van der Waals surface area contributed by atoms with Crippen LogP contribution in [-0.2, 0) is 4.79 Å². The van der Waals surface area contributed by atoms with E-state index < -0.39 is 0 Å². The SMILES string of the molecule is CC1Sc2ccc(C(=O)N3CCN(c4ccccn4)CC3)cc2NC1=O. The Hall–Kier alpha value is -2.54. The van der Waals surface area contributed by atoms with Gasteiger partial charge < -0.3 is 15.1 Å². The Balaban J connectivity index is 1.44. The minimum absolute atomic E-state index is 0.00587. The van der Waals surface area contributed by atoms with Gasteiger partial charge in [0, 0.05) is 42.8 Å². The molecule has 0 bridgehead atoms. The second-order valence-electron chi connectivity index (χ2n) is 6.43. The molecule has 1 N–H and O–H groups in total. The number of nitrogens with zero attached hydrogens (tertiary/aromatic N) is 3. The summed E-state index contributed by atoms with van der Waals surface area (Å²) in [6.45, 7) is 4.72. The van der Waals surface area contributed by atoms with Gasteiger partial charge in [0.05, 0.1) is 10.9 Å². The zero-order chi connectivity index (χ0) is 18.1. The molecule has 0 spiro atoms. The summed E-state index contributed by atoms with van der Waals surface area (Å²) in [4.78, 5) is 34.2. The van der Waals surface area contributed by atoms with Crippen molar-refractivity contribution in [2.75, 3.05) is 36.4 Å². The van der Waals surface area contributed by atoms with Gasteiger partial charge in [-0.25, -0.2) is 4.98 Å². The second kappa shape index (κ2) is 6.99. The monoisotopic (exact) mass is 368 g/mol. The molecule has 0 saturated carbocycles. The number of benzene rings is 1. The highest BCUT2D eigenvalue weighted by Crippen LogP contribution is 2.36. The molecule has 2 aliphatic heterocycles. The van der Waals surface area contributed by atoms with Gasteiger partial charge in [-0.3, -0.25) is 9.59 Å². The molecule has 1 fully saturated rings. The molecule has 134 valence electrons. The standard InChI is InChI=1S/C19H20N4O2S/c1-13-18(24)21-15-12-14(5-6-16(15)26-13)19(25)23-10-8-22(9-11-23)17-4-2-3-7-20-17/h2-7,12-13H,8-11H2,1H3,(H,21,24). The maximum atomic E-state index is 12.8. The van der Waals surface area contributed by atoms with Crippen LogP contribution in [0.15, 0.2) is 47.5 Å². The van der Waals surface area contributed by atoms with Crippen LogP contribution in [0.2, 0.25) is 0 Å². The van der Waals surface area contributed by atoms with Gasteiger partial charge in [-0.15, -0.1) is 11.8 Å². The van der Waals surface area contributed by atoms with Gasteiger partial charge in [-0.1, -0.05) is 6.07 Å². The lowest BCUT2D eigenvalue weighted by atomic mass is 10.1. The molecule has 3 heterocycles. The minimum atomic E-state index is -0.108. The maximum Gasteiger partial charge on any atom is 0.254 e. The van der Waals surface area contributed by atoms with E-state index in [2.05, 4.69) is 15.2 Å². The Morgan fingerprint density at radius 2 is 2.00 bits per heavy atom. The smallest absolute Gasteiger partial charge is 0.254 e. The topological polar surface area (TPSA) is 65.5 Å². The van der Waals surface area contributed by atoms with Crippen molar-refractivity contribution in [3.05, 3.63) is 48.2 Å². The van der Waals surface area contributed by atoms with Crippen molar-refractivity contribution in [3.63, 3.8) is 0 Å². The molecular weight excluding hydrogens is 348 g/mol. The summed E-state index contributed by atoms with van der Waals surface area (Å²) >= 11 is 1.52. The van der Waals surface area contributed by atoms with Crippen LogP contribution in [-0.4, -0.2) is 53.1 Å². The van der Waals surface area contributed by atoms with Crippen LogP contribution in [0.3, 0.4) is 0 Å². The van der Waals surface area contributed by atoms with Gasteiger partial charge in [0.1, 0.15) is 5.82 Å². The molecule has 2 aliphatic rings. The highest BCUT2D eigenvalue weighted by atomic mass is 32.2. The average molecular weight is 368 g/mol. The first-order chi connectivity index (χ1) is 12.6. The molecule has 2 aromatic rings. The number of carbonyl (C=O) groups is 2. The van der Waals surface area contributed by atoms with E-state index in [0.29, 0.717) is 18.7 Å². The lowest BCUT2D eigenvalue weighted by molar-refractivity contribution is -0.115. The van der Waals surface area contributed by atoms with Crippen LogP contribution in [0, 0.1) is 0 Å². The fourth-order valence-corrected chi connectivity index (χ4v) is 4.13. The third-order valence-corrected chi connectivity index (χ3v) is 5.88. The summed E-state index contributed by atoms with van der Waals surface area (Å²) in [5.41, 5.74) is 1.35. The molecule has 26 heavy (non-hydrogen) atoms. The zero-order valence-electron chi connectivity index (χ0n) is 14.5. The first-order valence-corrected chi connectivity index (χ1v) is 9.56. The van der Waals surface area contributed by atoms with Crippen LogP contribution in [0.1, 0.15) is 17.3 Å². The van der Waals surface area contributed by atoms with E-state index in [9.17, 15) is 9.59 Å². The zero-order valence-corrected chi connectivity index (χ0v) is 15.3. The van der Waals surface area contributed by atoms with E-state index >= 15 is 0 Å². The van der Waals surface area contributed by atoms with Crippen molar-refractivity contribution in [3.8, 4) is 0 Å². The molecule has 4 rings (SSSR count). The Morgan fingerprint density at radius 3 is 2.73 bits per heavy atom. The molecule has 1 aromatic carbocycles. The quantitative estimate of drug-likeness (QED) is 0.882. The minimum Gasteiger partial charge on any atom is -0.353 e. The molecule has 1 atom stereocenters. The van der Waals surface area contributed by atoms with Gasteiger partial charge in [0.2, 0.25) is 5.91 Å². The molecule has 1 saturated heterocycles. The van der Waals surface area contributed by atoms with Crippen molar-refractivity contribution in [2.24, 2.45) is 0 Å². The van der Waals surface area contributed by atoms with Crippen LogP contribution < -0.4 is 10.2 Å². The summed E-state index contributed by atoms with van der Waals surface area (Å²) < 4.78 is 0. The average Bonchev–Trinajstić information content (AvgIpc) is 2.69. The molecule has 2 amide bonds. The number of hydrogen-bond donors (Lipinski definition) is 1. The lowest BCUT2D eigenvalue weighted by Crippen LogP contribution is -2.49. The number of fused-ring (bicyclic) bond motifs is 1. The summed E-state index contributed by atoms with van der Waals surface area (Å²) in [5.74, 6) is 0.935. The van der Waals surface area contributed by atoms with E-state index in [-0.39, 0.29) is 17.1 Å². The van der Waals surface area contributed by atoms with E-state index in [1.807, 2.05) is 42.2 Å². The van der Waals surface area contributed by atoms with Crippen LogP contribution in [0.5, 0.6) is 0 Å². The number of hydrogen-bond acceptors (Lipinski definition) is 5. The van der Waals surface area contributed by atoms with Crippen molar-refractivity contribution >= 4 is 35.1 Å². The van der Waals surface area contributed by atoms with Gasteiger partial charge >= 0.3 is 0 Å². The van der Waals surface area contributed by atoms with Gasteiger partial charge in [-0.05, 0) is 37.3 Å². The maximum absolute atomic E-state index is 12.8. The molecule has 1 unspecified atom stereocenters. The molecule has 0 radical (unpaired) electrons. The fourth-order valence-electron chi connectivity index (χ4n) is 3.20. The number of amides is 2. The van der Waals surface area contributed by atoms with Crippen LogP contribution in [0.4, 0.5) is 11.5 Å². The first kappa shape index (κ1) is 16.9. The Morgan fingerprint density at radius 1 is 1.19 bits per heavy atom. The highest BCUT2D eigenvalue weighted by Gasteiger charge is 2.26. The summed E-state index contributed by atoms with van der Waals surface area (Å²) in [6, 6.07) is 11.4. The fraction of sp³-hybridized carbons (Fsp3) is 0.316. The predicted molar refractivity (Wildman–Crippen MR) is 103 cm³/mol. The number of piperazine rings is 1. The van der Waals surface area contributed by atoms with E-state index in [4.69, 9.17) is 0 Å². The van der Waals surface area contributed by atoms with Crippen LogP contribution in [0.25, 0.3) is 0 Å². The number of aromatic nitrogens is 1. The molecular formula is C19H20N4O2S. The lowest BCUT2D eigenvalue weighted by Gasteiger charge is -2.35. The van der Waals surface area contributed by atoms with E-state index in [1.165, 1.54) is 11.8 Å². The summed E-state index contributed by atoms with van der Waals surface area (Å²) in [5, 5.41) is 2.78. The summed E-state index contributed by atoms with van der Waals surface area (Å²) in [7, 11) is 0. The third-order valence-electron chi connectivity index (χ3n) is 4.70. The van der Waals surface area contributed by atoms with Crippen molar-refractivity contribution < 1.29 is 9.59 Å². The summed E-state index contributed by atoms with van der Waals surface area (Å²) in [6.07, 6.45) is 1.78. The second-order valence-corrected chi connectivity index (χ2v) is 7.81. The van der Waals surface area contributed by atoms with Crippen molar-refractivity contribution in [2.45, 2.75) is 17.1 Å². The van der Waals surface area contributed by atoms with Crippen LogP contribution >= 0.6 is 11.8 Å². The molecule has 6 nitrogen and oxygen atoms in total. The van der Waals surface area contributed by atoms with Crippen molar-refractivity contribution in [1.82, 2.24) is 9.88 Å². The number of thioether (sulfide) groups is 1. The Labute approximate surface area is 156 Å². The van der Waals surface area contributed by atoms with E-state index in [0.717, 1.165) is 29.5 Å². The molecule has 7 heteroatoms. The van der Waals surface area contributed by atoms with Gasteiger partial charge in [-0.2, -0.15) is 0 Å². The van der Waals surface area contributed by atoms with Crippen molar-refractivity contribution in [1.29, 1.82) is 0 Å². The van der Waals surface area contributed by atoms with E-state index in [1.54, 1.807) is 12.3 Å². The first-order valence-electron chi connectivity index (χ1n) is 8.68. The Kier molecular flexibility index (Phi) is 4.55. The molecule has 1 aromatic heterocycles. The third kappa shape index (κ3) is 3.26.